The number of fused-ring (bicyclic) bond motifs is 1. The molecule has 3 heteroatoms. The molecule has 1 aliphatic heterocycles. The van der Waals surface area contributed by atoms with Gasteiger partial charge in [-0.2, -0.15) is 0 Å². The number of nitrogens with one attached hydrogen (secondary N) is 1. The van der Waals surface area contributed by atoms with Gasteiger partial charge in [-0.3, -0.25) is 9.79 Å². The van der Waals surface area contributed by atoms with Crippen LogP contribution in [0.3, 0.4) is 0 Å². The van der Waals surface area contributed by atoms with E-state index in [9.17, 15) is 4.79 Å². The Labute approximate surface area is 70.1 Å². The number of nitrogens with zero attached hydrogens (tertiary/aromatic N) is 1. The number of aliphatic imine (C=N–C) groups is 1. The van der Waals surface area contributed by atoms with Crippen LogP contribution in [0.25, 0.3) is 0 Å². The highest BCUT2D eigenvalue weighted by molar-refractivity contribution is 5.92. The molecule has 3 nitrogen and oxygen atoms in total. The maximum atomic E-state index is 10.4. The smallest absolute Gasteiger partial charge is 0.150 e. The first-order chi connectivity index (χ1) is 5.90. The molecule has 0 unspecified atom stereocenters. The van der Waals surface area contributed by atoms with E-state index >= 15 is 0 Å². The molecule has 1 aromatic rings. The van der Waals surface area contributed by atoms with Crippen molar-refractivity contribution in [2.24, 2.45) is 4.99 Å². The third-order valence-corrected chi connectivity index (χ3v) is 1.80. The average molecular weight is 160 g/mol. The minimum Gasteiger partial charge on any atom is -0.366 e. The van der Waals surface area contributed by atoms with E-state index in [1.165, 1.54) is 0 Å². The maximum Gasteiger partial charge on any atom is 0.150 e. The van der Waals surface area contributed by atoms with E-state index in [0.29, 0.717) is 12.2 Å². The number of carbonyl (C=O) groups is 1. The Hall–Kier alpha value is -1.64. The van der Waals surface area contributed by atoms with Crippen LogP contribution in [-0.2, 0) is 0 Å². The molecule has 0 aromatic heterocycles. The summed E-state index contributed by atoms with van der Waals surface area (Å²) in [6.07, 6.45) is 2.61. The van der Waals surface area contributed by atoms with E-state index in [-0.39, 0.29) is 0 Å². The first kappa shape index (κ1) is 7.03. The SMILES string of the molecule is O=Cc1ccc2c(c1)C=NCN2. The van der Waals surface area contributed by atoms with Gasteiger partial charge >= 0.3 is 0 Å². The molecule has 0 radical (unpaired) electrons. The Morgan fingerprint density at radius 2 is 2.42 bits per heavy atom. The fraction of sp³-hybridized carbons (Fsp3) is 0.111. The molecule has 0 saturated heterocycles. The fourth-order valence-corrected chi connectivity index (χ4v) is 1.20. The van der Waals surface area contributed by atoms with Gasteiger partial charge in [-0.1, -0.05) is 0 Å². The fourth-order valence-electron chi connectivity index (χ4n) is 1.20. The van der Waals surface area contributed by atoms with E-state index in [4.69, 9.17) is 0 Å². The van der Waals surface area contributed by atoms with Gasteiger partial charge in [0.2, 0.25) is 0 Å². The molecular formula is C9H8N2O. The Morgan fingerprint density at radius 3 is 3.25 bits per heavy atom. The van der Waals surface area contributed by atoms with Crippen molar-refractivity contribution in [1.82, 2.24) is 0 Å². The van der Waals surface area contributed by atoms with Crippen LogP contribution < -0.4 is 5.32 Å². The van der Waals surface area contributed by atoms with E-state index in [1.54, 1.807) is 12.3 Å². The summed E-state index contributed by atoms with van der Waals surface area (Å²) in [5.74, 6) is 0. The van der Waals surface area contributed by atoms with Crippen LogP contribution >= 0.6 is 0 Å². The zero-order valence-corrected chi connectivity index (χ0v) is 6.45. The predicted molar refractivity (Wildman–Crippen MR) is 47.9 cm³/mol. The molecule has 1 N–H and O–H groups in total. The second-order valence-corrected chi connectivity index (χ2v) is 2.61. The van der Waals surface area contributed by atoms with Crippen molar-refractivity contribution in [2.45, 2.75) is 0 Å². The number of hydrogen-bond donors (Lipinski definition) is 1. The molecule has 0 aliphatic carbocycles. The highest BCUT2D eigenvalue weighted by atomic mass is 16.1. The van der Waals surface area contributed by atoms with Crippen LogP contribution in [0.15, 0.2) is 23.2 Å². The van der Waals surface area contributed by atoms with Crippen LogP contribution in [0.1, 0.15) is 15.9 Å². The lowest BCUT2D eigenvalue weighted by Gasteiger charge is -2.11. The average Bonchev–Trinajstić information content (AvgIpc) is 2.17. The molecule has 60 valence electrons. The number of hydrogen-bond acceptors (Lipinski definition) is 3. The largest absolute Gasteiger partial charge is 0.366 e. The van der Waals surface area contributed by atoms with Crippen molar-refractivity contribution in [1.29, 1.82) is 0 Å². The van der Waals surface area contributed by atoms with Crippen molar-refractivity contribution in [3.8, 4) is 0 Å². The molecule has 0 fully saturated rings. The summed E-state index contributed by atoms with van der Waals surface area (Å²) in [5.41, 5.74) is 2.70. The Morgan fingerprint density at radius 1 is 1.50 bits per heavy atom. The van der Waals surface area contributed by atoms with Gasteiger partial charge in [-0.25, -0.2) is 0 Å². The summed E-state index contributed by atoms with van der Waals surface area (Å²) >= 11 is 0. The van der Waals surface area contributed by atoms with Gasteiger partial charge < -0.3 is 5.32 Å². The minimum atomic E-state index is 0.618. The van der Waals surface area contributed by atoms with Crippen LogP contribution in [0, 0.1) is 0 Å². The molecule has 1 aromatic carbocycles. The summed E-state index contributed by atoms with van der Waals surface area (Å²) in [6.45, 7) is 0.618. The normalized spacial score (nSPS) is 13.3. The lowest BCUT2D eigenvalue weighted by molar-refractivity contribution is 0.112. The molecule has 0 bridgehead atoms. The summed E-state index contributed by atoms with van der Waals surface area (Å²) in [7, 11) is 0. The highest BCUT2D eigenvalue weighted by Gasteiger charge is 2.03. The first-order valence-corrected chi connectivity index (χ1v) is 3.73. The van der Waals surface area contributed by atoms with Gasteiger partial charge in [0.15, 0.2) is 0 Å². The van der Waals surface area contributed by atoms with Gasteiger partial charge in [0, 0.05) is 23.0 Å². The predicted octanol–water partition coefficient (Wildman–Crippen LogP) is 1.30. The van der Waals surface area contributed by atoms with Crippen molar-refractivity contribution in [3.63, 3.8) is 0 Å². The summed E-state index contributed by atoms with van der Waals surface area (Å²) in [5, 5.41) is 3.10. The third kappa shape index (κ3) is 1.09. The number of aldehydes is 1. The van der Waals surface area contributed by atoms with E-state index in [1.807, 2.05) is 12.1 Å². The van der Waals surface area contributed by atoms with Crippen molar-refractivity contribution in [2.75, 3.05) is 12.0 Å². The number of carbonyl (C=O) groups excluding carboxylic acids is 1. The number of benzene rings is 1. The molecule has 12 heavy (non-hydrogen) atoms. The maximum absolute atomic E-state index is 10.4. The Bertz CT molecular complexity index is 344. The third-order valence-electron chi connectivity index (χ3n) is 1.80. The van der Waals surface area contributed by atoms with Gasteiger partial charge in [0.25, 0.3) is 0 Å². The number of anilines is 1. The topological polar surface area (TPSA) is 41.5 Å². The summed E-state index contributed by atoms with van der Waals surface area (Å²) in [6, 6.07) is 5.50. The molecule has 1 heterocycles. The van der Waals surface area contributed by atoms with Crippen molar-refractivity contribution < 1.29 is 4.79 Å². The Balaban J connectivity index is 2.51. The minimum absolute atomic E-state index is 0.618. The molecule has 0 atom stereocenters. The summed E-state index contributed by atoms with van der Waals surface area (Å²) < 4.78 is 0. The van der Waals surface area contributed by atoms with Crippen LogP contribution in [-0.4, -0.2) is 19.2 Å². The quantitative estimate of drug-likeness (QED) is 0.629. The molecule has 0 saturated carbocycles. The van der Waals surface area contributed by atoms with E-state index in [0.717, 1.165) is 17.5 Å². The molecule has 2 rings (SSSR count). The van der Waals surface area contributed by atoms with Crippen LogP contribution in [0.4, 0.5) is 5.69 Å². The van der Waals surface area contributed by atoms with Gasteiger partial charge in [0.05, 0.1) is 0 Å². The standard InChI is InChI=1S/C9H8N2O/c12-5-7-1-2-9-8(3-7)4-10-6-11-9/h1-5,11H,6H2. The lowest BCUT2D eigenvalue weighted by Crippen LogP contribution is -2.07. The molecule has 0 spiro atoms. The second kappa shape index (κ2) is 2.77. The zero-order chi connectivity index (χ0) is 8.39. The monoisotopic (exact) mass is 160 g/mol. The molecule has 0 amide bonds. The highest BCUT2D eigenvalue weighted by Crippen LogP contribution is 2.16. The van der Waals surface area contributed by atoms with Crippen molar-refractivity contribution >= 4 is 18.2 Å². The zero-order valence-electron chi connectivity index (χ0n) is 6.45. The second-order valence-electron chi connectivity index (χ2n) is 2.61. The van der Waals surface area contributed by atoms with Gasteiger partial charge in [-0.15, -0.1) is 0 Å². The lowest BCUT2D eigenvalue weighted by atomic mass is 10.1. The molecular weight excluding hydrogens is 152 g/mol. The number of rotatable bonds is 1. The Kier molecular flexibility index (Phi) is 1.63. The molecule has 1 aliphatic rings. The summed E-state index contributed by atoms with van der Waals surface area (Å²) in [4.78, 5) is 14.5. The van der Waals surface area contributed by atoms with E-state index < -0.39 is 0 Å². The van der Waals surface area contributed by atoms with Crippen LogP contribution in [0.2, 0.25) is 0 Å². The van der Waals surface area contributed by atoms with Gasteiger partial charge in [0.1, 0.15) is 13.0 Å². The van der Waals surface area contributed by atoms with E-state index in [2.05, 4.69) is 10.3 Å². The van der Waals surface area contributed by atoms with Crippen molar-refractivity contribution in [3.05, 3.63) is 29.3 Å². The van der Waals surface area contributed by atoms with Crippen LogP contribution in [0.5, 0.6) is 0 Å². The first-order valence-electron chi connectivity index (χ1n) is 3.73. The van der Waals surface area contributed by atoms with Gasteiger partial charge in [-0.05, 0) is 18.2 Å².